The summed E-state index contributed by atoms with van der Waals surface area (Å²) >= 11 is 3.56. The number of nitrogens with zero attached hydrogens (tertiary/aromatic N) is 1. The van der Waals surface area contributed by atoms with E-state index in [4.69, 9.17) is 4.74 Å². The highest BCUT2D eigenvalue weighted by atomic mass is 79.9. The van der Waals surface area contributed by atoms with Crippen LogP contribution in [0, 0.1) is 6.92 Å². The molecule has 3 nitrogen and oxygen atoms in total. The van der Waals surface area contributed by atoms with Crippen LogP contribution in [0.2, 0.25) is 0 Å². The first-order valence-electron chi connectivity index (χ1n) is 7.22. The van der Waals surface area contributed by atoms with Gasteiger partial charge in [-0.3, -0.25) is 4.98 Å². The number of benzene rings is 1. The van der Waals surface area contributed by atoms with Crippen molar-refractivity contribution in [2.24, 2.45) is 0 Å². The fourth-order valence-corrected chi connectivity index (χ4v) is 2.79. The summed E-state index contributed by atoms with van der Waals surface area (Å²) < 4.78 is 7.14. The van der Waals surface area contributed by atoms with E-state index in [0.29, 0.717) is 6.61 Å². The van der Waals surface area contributed by atoms with Gasteiger partial charge in [0.2, 0.25) is 0 Å². The maximum Gasteiger partial charge on any atom is 0.127 e. The molecule has 0 unspecified atom stereocenters. The molecule has 0 bridgehead atoms. The van der Waals surface area contributed by atoms with Gasteiger partial charge in [0.15, 0.2) is 0 Å². The SMILES string of the molecule is CCCNCc1cc(Br)cc(C)c1OCc1ccncc1. The van der Waals surface area contributed by atoms with Gasteiger partial charge in [-0.1, -0.05) is 22.9 Å². The van der Waals surface area contributed by atoms with Crippen molar-refractivity contribution < 1.29 is 4.74 Å². The summed E-state index contributed by atoms with van der Waals surface area (Å²) in [6.45, 7) is 6.64. The van der Waals surface area contributed by atoms with Crippen molar-refractivity contribution in [2.45, 2.75) is 33.4 Å². The van der Waals surface area contributed by atoms with Crippen LogP contribution in [-0.2, 0) is 13.2 Å². The predicted octanol–water partition coefficient (Wildman–Crippen LogP) is 4.23. The Hall–Kier alpha value is -1.39. The lowest BCUT2D eigenvalue weighted by Crippen LogP contribution is -2.15. The van der Waals surface area contributed by atoms with Gasteiger partial charge in [0.05, 0.1) is 0 Å². The van der Waals surface area contributed by atoms with Gasteiger partial charge in [0.25, 0.3) is 0 Å². The van der Waals surface area contributed by atoms with Gasteiger partial charge in [-0.05, 0) is 55.3 Å². The van der Waals surface area contributed by atoms with Crippen LogP contribution in [0.4, 0.5) is 0 Å². The summed E-state index contributed by atoms with van der Waals surface area (Å²) in [4.78, 5) is 4.03. The Labute approximate surface area is 134 Å². The molecule has 4 heteroatoms. The first kappa shape index (κ1) is 16.0. The van der Waals surface area contributed by atoms with Gasteiger partial charge < -0.3 is 10.1 Å². The Morgan fingerprint density at radius 2 is 2.00 bits per heavy atom. The third kappa shape index (κ3) is 4.83. The molecular weight excluding hydrogens is 328 g/mol. The van der Waals surface area contributed by atoms with E-state index in [9.17, 15) is 0 Å². The van der Waals surface area contributed by atoms with E-state index in [1.165, 1.54) is 5.56 Å². The molecular formula is C17H21BrN2O. The fourth-order valence-electron chi connectivity index (χ4n) is 2.17. The van der Waals surface area contributed by atoms with E-state index in [2.05, 4.69) is 52.2 Å². The van der Waals surface area contributed by atoms with Crippen molar-refractivity contribution in [1.29, 1.82) is 0 Å². The van der Waals surface area contributed by atoms with Gasteiger partial charge in [-0.25, -0.2) is 0 Å². The average Bonchev–Trinajstić information content (AvgIpc) is 2.47. The van der Waals surface area contributed by atoms with Crippen LogP contribution in [0.25, 0.3) is 0 Å². The predicted molar refractivity (Wildman–Crippen MR) is 89.4 cm³/mol. The normalized spacial score (nSPS) is 10.6. The number of pyridine rings is 1. The van der Waals surface area contributed by atoms with Gasteiger partial charge in [-0.15, -0.1) is 0 Å². The third-order valence-electron chi connectivity index (χ3n) is 3.19. The standard InChI is InChI=1S/C17H21BrN2O/c1-3-6-20-11-15-10-16(18)9-13(2)17(15)21-12-14-4-7-19-8-5-14/h4-5,7-10,20H,3,6,11-12H2,1-2H3. The number of nitrogens with one attached hydrogen (secondary N) is 1. The Balaban J connectivity index is 2.12. The van der Waals surface area contributed by atoms with Crippen LogP contribution in [0.5, 0.6) is 5.75 Å². The van der Waals surface area contributed by atoms with Crippen LogP contribution in [0.1, 0.15) is 30.0 Å². The van der Waals surface area contributed by atoms with E-state index >= 15 is 0 Å². The number of rotatable bonds is 7. The van der Waals surface area contributed by atoms with Crippen molar-refractivity contribution in [3.63, 3.8) is 0 Å². The second-order valence-electron chi connectivity index (χ2n) is 5.03. The number of ether oxygens (including phenoxy) is 1. The number of aromatic nitrogens is 1. The number of hydrogen-bond acceptors (Lipinski definition) is 3. The van der Waals surface area contributed by atoms with Crippen molar-refractivity contribution >= 4 is 15.9 Å². The molecule has 1 N–H and O–H groups in total. The molecule has 0 aliphatic heterocycles. The van der Waals surface area contributed by atoms with Crippen LogP contribution in [0.3, 0.4) is 0 Å². The maximum atomic E-state index is 6.05. The summed E-state index contributed by atoms with van der Waals surface area (Å²) in [7, 11) is 0. The smallest absolute Gasteiger partial charge is 0.127 e. The van der Waals surface area contributed by atoms with E-state index in [-0.39, 0.29) is 0 Å². The average molecular weight is 349 g/mol. The zero-order valence-corrected chi connectivity index (χ0v) is 14.1. The highest BCUT2D eigenvalue weighted by Gasteiger charge is 2.09. The monoisotopic (exact) mass is 348 g/mol. The zero-order valence-electron chi connectivity index (χ0n) is 12.5. The number of aryl methyl sites for hydroxylation is 1. The second-order valence-corrected chi connectivity index (χ2v) is 5.95. The molecule has 0 spiro atoms. The van der Waals surface area contributed by atoms with E-state index < -0.39 is 0 Å². The van der Waals surface area contributed by atoms with Crippen LogP contribution in [-0.4, -0.2) is 11.5 Å². The Bertz CT molecular complexity index is 573. The molecule has 0 atom stereocenters. The van der Waals surface area contributed by atoms with Crippen LogP contribution in [0.15, 0.2) is 41.1 Å². The van der Waals surface area contributed by atoms with Crippen molar-refractivity contribution in [3.05, 3.63) is 57.8 Å². The van der Waals surface area contributed by atoms with Crippen molar-refractivity contribution in [3.8, 4) is 5.75 Å². The lowest BCUT2D eigenvalue weighted by atomic mass is 10.1. The topological polar surface area (TPSA) is 34.1 Å². The Kier molecular flexibility index (Phi) is 6.21. The highest BCUT2D eigenvalue weighted by molar-refractivity contribution is 9.10. The molecule has 2 rings (SSSR count). The molecule has 0 aliphatic carbocycles. The Morgan fingerprint density at radius 1 is 1.24 bits per heavy atom. The lowest BCUT2D eigenvalue weighted by molar-refractivity contribution is 0.300. The van der Waals surface area contributed by atoms with Gasteiger partial charge in [-0.2, -0.15) is 0 Å². The molecule has 1 aromatic heterocycles. The van der Waals surface area contributed by atoms with E-state index in [0.717, 1.165) is 40.9 Å². The number of hydrogen-bond donors (Lipinski definition) is 1. The third-order valence-corrected chi connectivity index (χ3v) is 3.65. The van der Waals surface area contributed by atoms with Crippen LogP contribution < -0.4 is 10.1 Å². The van der Waals surface area contributed by atoms with E-state index in [1.807, 2.05) is 12.1 Å². The summed E-state index contributed by atoms with van der Waals surface area (Å²) in [5.74, 6) is 0.971. The zero-order chi connectivity index (χ0) is 15.1. The second kappa shape index (κ2) is 8.15. The molecule has 0 saturated carbocycles. The first-order chi connectivity index (χ1) is 10.2. The molecule has 1 heterocycles. The molecule has 112 valence electrons. The molecule has 0 fully saturated rings. The molecule has 1 aromatic carbocycles. The highest BCUT2D eigenvalue weighted by Crippen LogP contribution is 2.28. The summed E-state index contributed by atoms with van der Waals surface area (Å²) in [6, 6.07) is 8.16. The molecule has 0 radical (unpaired) electrons. The van der Waals surface area contributed by atoms with E-state index in [1.54, 1.807) is 12.4 Å². The quantitative estimate of drug-likeness (QED) is 0.760. The first-order valence-corrected chi connectivity index (χ1v) is 8.01. The van der Waals surface area contributed by atoms with Gasteiger partial charge >= 0.3 is 0 Å². The molecule has 0 aliphatic rings. The summed E-state index contributed by atoms with van der Waals surface area (Å²) in [5.41, 5.74) is 3.45. The van der Waals surface area contributed by atoms with Gasteiger partial charge in [0, 0.05) is 29.0 Å². The summed E-state index contributed by atoms with van der Waals surface area (Å²) in [5, 5.41) is 3.43. The largest absolute Gasteiger partial charge is 0.488 e. The minimum atomic E-state index is 0.561. The minimum Gasteiger partial charge on any atom is -0.488 e. The van der Waals surface area contributed by atoms with Crippen LogP contribution >= 0.6 is 15.9 Å². The molecule has 0 amide bonds. The maximum absolute atomic E-state index is 6.05. The number of halogens is 1. The fraction of sp³-hybridized carbons (Fsp3) is 0.353. The summed E-state index contributed by atoms with van der Waals surface area (Å²) in [6.07, 6.45) is 4.70. The molecule has 21 heavy (non-hydrogen) atoms. The van der Waals surface area contributed by atoms with Crippen molar-refractivity contribution in [2.75, 3.05) is 6.54 Å². The minimum absolute atomic E-state index is 0.561. The Morgan fingerprint density at radius 3 is 2.71 bits per heavy atom. The van der Waals surface area contributed by atoms with Gasteiger partial charge in [0.1, 0.15) is 12.4 Å². The molecule has 2 aromatic rings. The van der Waals surface area contributed by atoms with Crippen molar-refractivity contribution in [1.82, 2.24) is 10.3 Å². The lowest BCUT2D eigenvalue weighted by Gasteiger charge is -2.15. The molecule has 0 saturated heterocycles.